The van der Waals surface area contributed by atoms with Crippen molar-refractivity contribution in [2.24, 2.45) is 0 Å². The number of carbonyl (C=O) groups excluding carboxylic acids is 2. The van der Waals surface area contributed by atoms with E-state index in [-0.39, 0.29) is 12.6 Å². The Labute approximate surface area is 176 Å². The number of nitrogens with zero attached hydrogens (tertiary/aromatic N) is 1. The second-order valence-corrected chi connectivity index (χ2v) is 6.74. The Balaban J connectivity index is 1.62. The molecular formula is C24H25NO5. The molecule has 0 saturated carbocycles. The van der Waals surface area contributed by atoms with E-state index in [4.69, 9.17) is 19.5 Å². The van der Waals surface area contributed by atoms with Crippen molar-refractivity contribution in [2.45, 2.75) is 32.6 Å². The lowest BCUT2D eigenvalue weighted by atomic mass is 10.0. The summed E-state index contributed by atoms with van der Waals surface area (Å²) in [5.74, 6) is 0.0303. The molecule has 0 radical (unpaired) electrons. The van der Waals surface area contributed by atoms with Gasteiger partial charge in [-0.15, -0.1) is 0 Å². The van der Waals surface area contributed by atoms with Crippen molar-refractivity contribution >= 4 is 12.1 Å². The number of unbranched alkanes of at least 4 members (excludes halogenated alkanes) is 3. The second kappa shape index (κ2) is 12.1. The lowest BCUT2D eigenvalue weighted by molar-refractivity contribution is -0.139. The summed E-state index contributed by atoms with van der Waals surface area (Å²) in [4.78, 5) is 23.0. The van der Waals surface area contributed by atoms with Gasteiger partial charge in [0, 0.05) is 5.57 Å². The van der Waals surface area contributed by atoms with Crippen molar-refractivity contribution in [1.82, 2.24) is 0 Å². The lowest BCUT2D eigenvalue weighted by Gasteiger charge is -2.07. The number of benzene rings is 2. The molecule has 0 aromatic heterocycles. The molecule has 0 spiro atoms. The van der Waals surface area contributed by atoms with Crippen molar-refractivity contribution < 1.29 is 23.8 Å². The van der Waals surface area contributed by atoms with Crippen LogP contribution >= 0.6 is 0 Å². The predicted octanol–water partition coefficient (Wildman–Crippen LogP) is 5.42. The third-order valence-electron chi connectivity index (χ3n) is 4.24. The summed E-state index contributed by atoms with van der Waals surface area (Å²) in [5, 5.41) is 8.85. The summed E-state index contributed by atoms with van der Waals surface area (Å²) >= 11 is 0. The third kappa shape index (κ3) is 7.80. The van der Waals surface area contributed by atoms with Crippen LogP contribution in [0, 0.1) is 11.3 Å². The Kier molecular flexibility index (Phi) is 9.14. The van der Waals surface area contributed by atoms with Gasteiger partial charge in [0.1, 0.15) is 5.75 Å². The SMILES string of the molecule is C=C(C)C(=O)OCCCCCCOC(=O)Oc1ccc(-c2ccc(C#N)cc2)cc1. The Morgan fingerprint density at radius 1 is 0.867 bits per heavy atom. The van der Waals surface area contributed by atoms with Gasteiger partial charge in [0.15, 0.2) is 0 Å². The van der Waals surface area contributed by atoms with Crippen LogP contribution in [0.2, 0.25) is 0 Å². The molecule has 2 rings (SSSR count). The van der Waals surface area contributed by atoms with Crippen molar-refractivity contribution in [2.75, 3.05) is 13.2 Å². The minimum absolute atomic E-state index is 0.272. The molecule has 0 aliphatic carbocycles. The highest BCUT2D eigenvalue weighted by Crippen LogP contribution is 2.23. The van der Waals surface area contributed by atoms with E-state index in [2.05, 4.69) is 12.6 Å². The zero-order valence-corrected chi connectivity index (χ0v) is 17.1. The molecule has 6 heteroatoms. The zero-order chi connectivity index (χ0) is 21.8. The van der Waals surface area contributed by atoms with E-state index in [1.54, 1.807) is 31.2 Å². The summed E-state index contributed by atoms with van der Waals surface area (Å²) in [6.07, 6.45) is 2.46. The van der Waals surface area contributed by atoms with E-state index in [9.17, 15) is 9.59 Å². The molecule has 2 aromatic rings. The Morgan fingerprint density at radius 2 is 1.40 bits per heavy atom. The maximum atomic E-state index is 11.8. The Bertz CT molecular complexity index is 895. The largest absolute Gasteiger partial charge is 0.513 e. The van der Waals surface area contributed by atoms with Crippen LogP contribution in [-0.2, 0) is 14.3 Å². The first-order valence-corrected chi connectivity index (χ1v) is 9.77. The average Bonchev–Trinajstić information content (AvgIpc) is 2.76. The van der Waals surface area contributed by atoms with Gasteiger partial charge in [0.2, 0.25) is 0 Å². The van der Waals surface area contributed by atoms with Crippen LogP contribution in [0.3, 0.4) is 0 Å². The summed E-state index contributed by atoms with van der Waals surface area (Å²) in [7, 11) is 0. The van der Waals surface area contributed by atoms with Crippen LogP contribution in [0.4, 0.5) is 4.79 Å². The molecule has 0 amide bonds. The molecule has 0 N–H and O–H groups in total. The highest BCUT2D eigenvalue weighted by molar-refractivity contribution is 5.86. The first-order chi connectivity index (χ1) is 14.5. The molecule has 0 heterocycles. The van der Waals surface area contributed by atoms with E-state index in [0.717, 1.165) is 30.4 Å². The van der Waals surface area contributed by atoms with Crippen molar-refractivity contribution in [3.63, 3.8) is 0 Å². The molecule has 0 unspecified atom stereocenters. The fraction of sp³-hybridized carbons (Fsp3) is 0.292. The normalized spacial score (nSPS) is 10.0. The van der Waals surface area contributed by atoms with E-state index in [1.807, 2.05) is 24.3 Å². The number of esters is 1. The van der Waals surface area contributed by atoms with Crippen LogP contribution < -0.4 is 4.74 Å². The van der Waals surface area contributed by atoms with Gasteiger partial charge in [-0.3, -0.25) is 0 Å². The highest BCUT2D eigenvalue weighted by Gasteiger charge is 2.07. The fourth-order valence-corrected chi connectivity index (χ4v) is 2.58. The van der Waals surface area contributed by atoms with Gasteiger partial charge in [-0.1, -0.05) is 30.8 Å². The molecule has 156 valence electrons. The summed E-state index contributed by atoms with van der Waals surface area (Å²) in [6.45, 7) is 5.77. The molecule has 30 heavy (non-hydrogen) atoms. The second-order valence-electron chi connectivity index (χ2n) is 6.74. The molecule has 0 bridgehead atoms. The highest BCUT2D eigenvalue weighted by atomic mass is 16.7. The van der Waals surface area contributed by atoms with Crippen molar-refractivity contribution in [3.05, 3.63) is 66.2 Å². The molecule has 0 fully saturated rings. The van der Waals surface area contributed by atoms with E-state index >= 15 is 0 Å². The van der Waals surface area contributed by atoms with E-state index in [0.29, 0.717) is 29.9 Å². The minimum atomic E-state index is -0.739. The van der Waals surface area contributed by atoms with Gasteiger partial charge in [-0.05, 0) is 68.0 Å². The first kappa shape index (κ1) is 22.7. The molecule has 6 nitrogen and oxygen atoms in total. The standard InChI is InChI=1S/C24H25NO5/c1-18(2)23(26)28-15-5-3-4-6-16-29-24(27)30-22-13-11-21(12-14-22)20-9-7-19(17-25)8-10-20/h7-14H,1,3-6,15-16H2,2H3. The van der Waals surface area contributed by atoms with Gasteiger partial charge in [-0.25, -0.2) is 9.59 Å². The number of ether oxygens (including phenoxy) is 3. The quantitative estimate of drug-likeness (QED) is 0.226. The van der Waals surface area contributed by atoms with Gasteiger partial charge in [-0.2, -0.15) is 5.26 Å². The van der Waals surface area contributed by atoms with E-state index in [1.165, 1.54) is 0 Å². The monoisotopic (exact) mass is 407 g/mol. The van der Waals surface area contributed by atoms with Crippen LogP contribution in [-0.4, -0.2) is 25.3 Å². The fourth-order valence-electron chi connectivity index (χ4n) is 2.58. The number of rotatable bonds is 10. The lowest BCUT2D eigenvalue weighted by Crippen LogP contribution is -2.11. The maximum absolute atomic E-state index is 11.8. The molecular weight excluding hydrogens is 382 g/mol. The van der Waals surface area contributed by atoms with Gasteiger partial charge in [0.05, 0.1) is 24.8 Å². The molecule has 2 aromatic carbocycles. The van der Waals surface area contributed by atoms with Crippen LogP contribution in [0.1, 0.15) is 38.2 Å². The maximum Gasteiger partial charge on any atom is 0.513 e. The van der Waals surface area contributed by atoms with Crippen LogP contribution in [0.25, 0.3) is 11.1 Å². The average molecular weight is 407 g/mol. The predicted molar refractivity (Wildman–Crippen MR) is 113 cm³/mol. The van der Waals surface area contributed by atoms with Gasteiger partial charge < -0.3 is 14.2 Å². The Morgan fingerprint density at radius 3 is 1.93 bits per heavy atom. The number of nitriles is 1. The smallest absolute Gasteiger partial charge is 0.462 e. The summed E-state index contributed by atoms with van der Waals surface area (Å²) in [6, 6.07) is 16.4. The number of carbonyl (C=O) groups is 2. The van der Waals surface area contributed by atoms with Crippen molar-refractivity contribution in [1.29, 1.82) is 5.26 Å². The van der Waals surface area contributed by atoms with Crippen molar-refractivity contribution in [3.8, 4) is 22.9 Å². The van der Waals surface area contributed by atoms with E-state index < -0.39 is 6.16 Å². The summed E-state index contributed by atoms with van der Waals surface area (Å²) in [5.41, 5.74) is 2.92. The van der Waals surface area contributed by atoms with Crippen LogP contribution in [0.5, 0.6) is 5.75 Å². The molecule has 0 aliphatic rings. The number of hydrogen-bond acceptors (Lipinski definition) is 6. The summed E-state index contributed by atoms with van der Waals surface area (Å²) < 4.78 is 15.2. The van der Waals surface area contributed by atoms with Crippen LogP contribution in [0.15, 0.2) is 60.7 Å². The molecule has 0 atom stereocenters. The zero-order valence-electron chi connectivity index (χ0n) is 17.1. The number of hydrogen-bond donors (Lipinski definition) is 0. The molecule has 0 aliphatic heterocycles. The van der Waals surface area contributed by atoms with Gasteiger partial charge in [0.25, 0.3) is 0 Å². The Hall–Kier alpha value is -3.59. The first-order valence-electron chi connectivity index (χ1n) is 9.77. The third-order valence-corrected chi connectivity index (χ3v) is 4.24. The minimum Gasteiger partial charge on any atom is -0.462 e. The topological polar surface area (TPSA) is 85.6 Å². The molecule has 0 saturated heterocycles. The van der Waals surface area contributed by atoms with Gasteiger partial charge >= 0.3 is 12.1 Å².